The van der Waals surface area contributed by atoms with Gasteiger partial charge in [0.05, 0.1) is 16.3 Å². The third-order valence-corrected chi connectivity index (χ3v) is 7.35. The van der Waals surface area contributed by atoms with E-state index in [0.717, 1.165) is 23.6 Å². The van der Waals surface area contributed by atoms with E-state index < -0.39 is 16.1 Å². The van der Waals surface area contributed by atoms with Crippen LogP contribution in [0.5, 0.6) is 0 Å². The first-order valence-corrected chi connectivity index (χ1v) is 12.8. The van der Waals surface area contributed by atoms with Gasteiger partial charge in [0, 0.05) is 18.2 Å². The van der Waals surface area contributed by atoms with Crippen LogP contribution in [0.3, 0.4) is 0 Å². The summed E-state index contributed by atoms with van der Waals surface area (Å²) >= 11 is 0. The molecule has 1 amide bonds. The Morgan fingerprint density at radius 1 is 1.12 bits per heavy atom. The van der Waals surface area contributed by atoms with Crippen molar-refractivity contribution in [3.63, 3.8) is 0 Å². The zero-order chi connectivity index (χ0) is 22.7. The average Bonchev–Trinajstić information content (AvgIpc) is 2.78. The molecule has 1 aliphatic carbocycles. The second-order valence-electron chi connectivity index (χ2n) is 8.88. The van der Waals surface area contributed by atoms with Crippen LogP contribution in [-0.2, 0) is 27.9 Å². The highest BCUT2D eigenvalue weighted by Crippen LogP contribution is 2.36. The summed E-state index contributed by atoms with van der Waals surface area (Å²) in [5.74, 6) is 0.790. The Labute approximate surface area is 190 Å². The van der Waals surface area contributed by atoms with Crippen LogP contribution >= 0.6 is 0 Å². The number of nitrogens with one attached hydrogen (secondary N) is 1. The van der Waals surface area contributed by atoms with Crippen molar-refractivity contribution in [1.29, 1.82) is 0 Å². The van der Waals surface area contributed by atoms with Gasteiger partial charge in [-0.2, -0.15) is 0 Å². The van der Waals surface area contributed by atoms with Gasteiger partial charge in [-0.1, -0.05) is 50.3 Å². The smallest absolute Gasteiger partial charge is 0.419 e. The van der Waals surface area contributed by atoms with Gasteiger partial charge in [-0.25, -0.2) is 23.3 Å². The molecule has 1 aliphatic heterocycles. The molecule has 2 aromatic carbocycles. The topological polar surface area (TPSA) is 102 Å². The molecule has 8 heteroatoms. The first kappa shape index (κ1) is 22.8. The number of ether oxygens (including phenoxy) is 1. The van der Waals surface area contributed by atoms with Crippen molar-refractivity contribution in [2.75, 3.05) is 4.90 Å². The van der Waals surface area contributed by atoms with Gasteiger partial charge in [0.2, 0.25) is 10.0 Å². The molecular formula is C24H31N3O4S. The maximum atomic E-state index is 12.7. The summed E-state index contributed by atoms with van der Waals surface area (Å²) < 4.78 is 28.8. The quantitative estimate of drug-likeness (QED) is 0.634. The van der Waals surface area contributed by atoms with Crippen molar-refractivity contribution in [1.82, 2.24) is 5.32 Å². The Morgan fingerprint density at radius 2 is 1.88 bits per heavy atom. The van der Waals surface area contributed by atoms with Gasteiger partial charge in [-0.15, -0.1) is 0 Å². The van der Waals surface area contributed by atoms with Gasteiger partial charge in [0.1, 0.15) is 6.61 Å². The standard InChI is InChI=1S/C24H31N3O4S/c1-17(13-18-7-3-2-4-8-18)26-15-19-9-5-6-10-22(19)27-23-12-11-21(32(25,29)30)14-20(23)16-31-24(27)28/h5-6,9-12,14,17-18,26H,2-4,7-8,13,15-16H2,1H3,(H2,25,29,30)/t17-/m0/s1. The van der Waals surface area contributed by atoms with Gasteiger partial charge < -0.3 is 10.1 Å². The molecule has 2 aliphatic rings. The van der Waals surface area contributed by atoms with Crippen LogP contribution in [-0.4, -0.2) is 20.6 Å². The molecule has 0 spiro atoms. The van der Waals surface area contributed by atoms with E-state index in [1.807, 2.05) is 24.3 Å². The van der Waals surface area contributed by atoms with Crippen LogP contribution in [0.4, 0.5) is 16.2 Å². The Hall–Kier alpha value is -2.42. The Balaban J connectivity index is 1.55. The summed E-state index contributed by atoms with van der Waals surface area (Å²) in [5.41, 5.74) is 2.91. The predicted octanol–water partition coefficient (Wildman–Crippen LogP) is 4.57. The molecule has 172 valence electrons. The first-order valence-electron chi connectivity index (χ1n) is 11.3. The fourth-order valence-corrected chi connectivity index (χ4v) is 5.34. The maximum Gasteiger partial charge on any atom is 0.419 e. The van der Waals surface area contributed by atoms with Crippen LogP contribution in [0.25, 0.3) is 0 Å². The molecule has 0 bridgehead atoms. The van der Waals surface area contributed by atoms with E-state index in [1.165, 1.54) is 49.1 Å². The second-order valence-corrected chi connectivity index (χ2v) is 10.4. The second kappa shape index (κ2) is 9.60. The van der Waals surface area contributed by atoms with Gasteiger partial charge >= 0.3 is 6.09 Å². The number of nitrogens with zero attached hydrogens (tertiary/aromatic N) is 1. The molecule has 1 fully saturated rings. The Morgan fingerprint density at radius 3 is 2.62 bits per heavy atom. The Bertz CT molecular complexity index is 1080. The minimum Gasteiger partial charge on any atom is -0.444 e. The van der Waals surface area contributed by atoms with Crippen LogP contribution in [0.15, 0.2) is 47.4 Å². The summed E-state index contributed by atoms with van der Waals surface area (Å²) in [6.45, 7) is 2.85. The number of carbonyl (C=O) groups excluding carboxylic acids is 1. The zero-order valence-corrected chi connectivity index (χ0v) is 19.2. The molecule has 1 heterocycles. The van der Waals surface area contributed by atoms with Crippen molar-refractivity contribution in [3.8, 4) is 0 Å². The predicted molar refractivity (Wildman–Crippen MR) is 124 cm³/mol. The molecule has 1 saturated carbocycles. The van der Waals surface area contributed by atoms with Gasteiger partial charge in [0.25, 0.3) is 0 Å². The lowest BCUT2D eigenvalue weighted by molar-refractivity contribution is 0.145. The molecule has 2 aromatic rings. The molecule has 0 aromatic heterocycles. The monoisotopic (exact) mass is 457 g/mol. The number of para-hydroxylation sites is 1. The normalized spacial score (nSPS) is 18.2. The lowest BCUT2D eigenvalue weighted by Crippen LogP contribution is -2.34. The molecule has 1 atom stereocenters. The molecule has 3 N–H and O–H groups in total. The minimum atomic E-state index is -3.84. The molecule has 0 unspecified atom stereocenters. The highest BCUT2D eigenvalue weighted by atomic mass is 32.2. The largest absolute Gasteiger partial charge is 0.444 e. The number of nitrogens with two attached hydrogens (primary N) is 1. The van der Waals surface area contributed by atoms with Crippen LogP contribution in [0, 0.1) is 5.92 Å². The number of fused-ring (bicyclic) bond motifs is 1. The minimum absolute atomic E-state index is 0.000591. The molecule has 4 rings (SSSR count). The van der Waals surface area contributed by atoms with Crippen LogP contribution in [0.2, 0.25) is 0 Å². The number of benzene rings is 2. The van der Waals surface area contributed by atoms with Gasteiger partial charge in [0.15, 0.2) is 0 Å². The van der Waals surface area contributed by atoms with E-state index in [4.69, 9.17) is 9.88 Å². The van der Waals surface area contributed by atoms with E-state index >= 15 is 0 Å². The van der Waals surface area contributed by atoms with E-state index in [9.17, 15) is 13.2 Å². The molecule has 7 nitrogen and oxygen atoms in total. The molecule has 32 heavy (non-hydrogen) atoms. The third-order valence-electron chi connectivity index (χ3n) is 6.44. The van der Waals surface area contributed by atoms with Gasteiger partial charge in [-0.3, -0.25) is 0 Å². The zero-order valence-electron chi connectivity index (χ0n) is 18.4. The van der Waals surface area contributed by atoms with Crippen molar-refractivity contribution < 1.29 is 17.9 Å². The summed E-state index contributed by atoms with van der Waals surface area (Å²) in [5, 5.41) is 8.88. The highest BCUT2D eigenvalue weighted by molar-refractivity contribution is 7.89. The number of hydrogen-bond acceptors (Lipinski definition) is 5. The summed E-state index contributed by atoms with van der Waals surface area (Å²) in [7, 11) is -3.84. The summed E-state index contributed by atoms with van der Waals surface area (Å²) in [6, 6.07) is 12.6. The fraction of sp³-hybridized carbons (Fsp3) is 0.458. The van der Waals surface area contributed by atoms with E-state index in [-0.39, 0.29) is 11.5 Å². The van der Waals surface area contributed by atoms with E-state index in [1.54, 1.807) is 6.07 Å². The summed E-state index contributed by atoms with van der Waals surface area (Å²) in [6.07, 6.45) is 7.35. The van der Waals surface area contributed by atoms with E-state index in [0.29, 0.717) is 23.8 Å². The highest BCUT2D eigenvalue weighted by Gasteiger charge is 2.30. The molecule has 0 radical (unpaired) electrons. The average molecular weight is 458 g/mol. The fourth-order valence-electron chi connectivity index (χ4n) is 4.77. The van der Waals surface area contributed by atoms with Gasteiger partial charge in [-0.05, 0) is 49.1 Å². The number of sulfonamides is 1. The summed E-state index contributed by atoms with van der Waals surface area (Å²) in [4.78, 5) is 14.2. The van der Waals surface area contributed by atoms with Crippen LogP contribution in [0.1, 0.15) is 56.6 Å². The van der Waals surface area contributed by atoms with Crippen molar-refractivity contribution in [3.05, 3.63) is 53.6 Å². The number of carbonyl (C=O) groups is 1. The lowest BCUT2D eigenvalue weighted by atomic mass is 9.85. The van der Waals surface area contributed by atoms with E-state index in [2.05, 4.69) is 12.2 Å². The number of anilines is 2. The third kappa shape index (κ3) is 5.14. The Kier molecular flexibility index (Phi) is 6.83. The van der Waals surface area contributed by atoms with Crippen LogP contribution < -0.4 is 15.4 Å². The SMILES string of the molecule is C[C@@H](CC1CCCCC1)NCc1ccccc1N1C(=O)OCc2cc(S(N)(=O)=O)ccc21. The van der Waals surface area contributed by atoms with Crippen molar-refractivity contribution in [2.24, 2.45) is 11.1 Å². The molecule has 0 saturated heterocycles. The lowest BCUT2D eigenvalue weighted by Gasteiger charge is -2.31. The molecular weight excluding hydrogens is 426 g/mol. The number of amides is 1. The van der Waals surface area contributed by atoms with Crippen molar-refractivity contribution >= 4 is 27.5 Å². The first-order chi connectivity index (χ1) is 15.3. The number of hydrogen-bond donors (Lipinski definition) is 2. The number of primary sulfonamides is 1. The number of rotatable bonds is 7. The maximum absolute atomic E-state index is 12.7. The number of cyclic esters (lactones) is 1. The van der Waals surface area contributed by atoms with Crippen molar-refractivity contribution in [2.45, 2.75) is 69.5 Å².